The fourth-order valence-electron chi connectivity index (χ4n) is 1.75. The monoisotopic (exact) mass is 332 g/mol. The standard InChI is InChI=1S/C12H11BrCl2N2/c13-8-5-9(14)11(10(15)6-8)17-7-12(1-2-12)3-4-16/h5-6,17H,1-3,7H2. The van der Waals surface area contributed by atoms with Crippen LogP contribution < -0.4 is 5.32 Å². The van der Waals surface area contributed by atoms with Crippen molar-refractivity contribution < 1.29 is 0 Å². The van der Waals surface area contributed by atoms with Crippen molar-refractivity contribution in [1.82, 2.24) is 0 Å². The topological polar surface area (TPSA) is 35.8 Å². The summed E-state index contributed by atoms with van der Waals surface area (Å²) in [5.41, 5.74) is 0.884. The Morgan fingerprint density at radius 3 is 2.41 bits per heavy atom. The zero-order valence-electron chi connectivity index (χ0n) is 9.06. The Bertz CT molecular complexity index is 455. The van der Waals surface area contributed by atoms with Crippen LogP contribution >= 0.6 is 39.1 Å². The molecule has 0 spiro atoms. The molecule has 1 saturated carbocycles. The third-order valence-corrected chi connectivity index (χ3v) is 4.11. The molecular weight excluding hydrogens is 323 g/mol. The second-order valence-corrected chi connectivity index (χ2v) is 6.16. The van der Waals surface area contributed by atoms with Crippen molar-refractivity contribution in [1.29, 1.82) is 5.26 Å². The molecule has 1 N–H and O–H groups in total. The average Bonchev–Trinajstić information content (AvgIpc) is 2.97. The SMILES string of the molecule is N#CCC1(CNc2c(Cl)cc(Br)cc2Cl)CC1. The zero-order valence-corrected chi connectivity index (χ0v) is 12.2. The Morgan fingerprint density at radius 1 is 1.35 bits per heavy atom. The first-order valence-corrected chi connectivity index (χ1v) is 6.87. The van der Waals surface area contributed by atoms with Crippen LogP contribution in [0.1, 0.15) is 19.3 Å². The third kappa shape index (κ3) is 3.07. The van der Waals surface area contributed by atoms with Gasteiger partial charge in [0.1, 0.15) is 0 Å². The normalized spacial score (nSPS) is 16.4. The summed E-state index contributed by atoms with van der Waals surface area (Å²) in [6, 6.07) is 5.84. The van der Waals surface area contributed by atoms with Gasteiger partial charge in [-0.25, -0.2) is 0 Å². The molecule has 2 nitrogen and oxygen atoms in total. The fourth-order valence-corrected chi connectivity index (χ4v) is 3.09. The first kappa shape index (κ1) is 13.0. The number of benzene rings is 1. The van der Waals surface area contributed by atoms with E-state index in [1.165, 1.54) is 0 Å². The van der Waals surface area contributed by atoms with Gasteiger partial charge in [0, 0.05) is 22.9 Å². The highest BCUT2D eigenvalue weighted by atomic mass is 79.9. The summed E-state index contributed by atoms with van der Waals surface area (Å²) in [4.78, 5) is 0. The second kappa shape index (κ2) is 5.06. The van der Waals surface area contributed by atoms with Gasteiger partial charge in [-0.3, -0.25) is 0 Å². The predicted molar refractivity (Wildman–Crippen MR) is 74.5 cm³/mol. The summed E-state index contributed by atoms with van der Waals surface area (Å²) >= 11 is 15.6. The largest absolute Gasteiger partial charge is 0.382 e. The van der Waals surface area contributed by atoms with E-state index in [1.807, 2.05) is 0 Å². The summed E-state index contributed by atoms with van der Waals surface area (Å²) in [6.07, 6.45) is 2.78. The van der Waals surface area contributed by atoms with Crippen molar-refractivity contribution in [3.8, 4) is 6.07 Å². The van der Waals surface area contributed by atoms with E-state index in [-0.39, 0.29) is 5.41 Å². The molecule has 1 fully saturated rings. The van der Waals surface area contributed by atoms with Gasteiger partial charge in [0.05, 0.1) is 21.8 Å². The van der Waals surface area contributed by atoms with E-state index >= 15 is 0 Å². The van der Waals surface area contributed by atoms with Crippen LogP contribution in [-0.2, 0) is 0 Å². The molecular formula is C12H11BrCl2N2. The maximum Gasteiger partial charge on any atom is 0.0719 e. The molecule has 0 atom stereocenters. The smallest absolute Gasteiger partial charge is 0.0719 e. The van der Waals surface area contributed by atoms with Gasteiger partial charge in [-0.15, -0.1) is 0 Å². The molecule has 2 rings (SSSR count). The Balaban J connectivity index is 2.07. The lowest BCUT2D eigenvalue weighted by atomic mass is 10.0. The van der Waals surface area contributed by atoms with Crippen LogP contribution in [0.25, 0.3) is 0 Å². The molecule has 0 aliphatic heterocycles. The first-order valence-electron chi connectivity index (χ1n) is 5.32. The van der Waals surface area contributed by atoms with Crippen LogP contribution in [0.4, 0.5) is 5.69 Å². The lowest BCUT2D eigenvalue weighted by Crippen LogP contribution is -2.15. The van der Waals surface area contributed by atoms with E-state index < -0.39 is 0 Å². The van der Waals surface area contributed by atoms with Gasteiger partial charge in [0.2, 0.25) is 0 Å². The van der Waals surface area contributed by atoms with Gasteiger partial charge < -0.3 is 5.32 Å². The summed E-state index contributed by atoms with van der Waals surface area (Å²) in [7, 11) is 0. The highest BCUT2D eigenvalue weighted by molar-refractivity contribution is 9.10. The fraction of sp³-hybridized carbons (Fsp3) is 0.417. The first-order chi connectivity index (χ1) is 8.06. The van der Waals surface area contributed by atoms with E-state index in [1.54, 1.807) is 12.1 Å². The lowest BCUT2D eigenvalue weighted by Gasteiger charge is -2.15. The van der Waals surface area contributed by atoms with Crippen LogP contribution in [0.3, 0.4) is 0 Å². The second-order valence-electron chi connectivity index (χ2n) is 4.43. The van der Waals surface area contributed by atoms with E-state index in [2.05, 4.69) is 27.3 Å². The quantitative estimate of drug-likeness (QED) is 0.853. The van der Waals surface area contributed by atoms with Crippen LogP contribution in [0.2, 0.25) is 10.0 Å². The van der Waals surface area contributed by atoms with Crippen molar-refractivity contribution in [3.05, 3.63) is 26.7 Å². The van der Waals surface area contributed by atoms with Crippen LogP contribution in [-0.4, -0.2) is 6.54 Å². The number of halogens is 3. The molecule has 0 heterocycles. The van der Waals surface area contributed by atoms with Gasteiger partial charge in [0.15, 0.2) is 0 Å². The molecule has 1 aliphatic carbocycles. The molecule has 1 aromatic rings. The van der Waals surface area contributed by atoms with Gasteiger partial charge in [-0.2, -0.15) is 5.26 Å². The molecule has 0 amide bonds. The van der Waals surface area contributed by atoms with Gasteiger partial charge in [-0.1, -0.05) is 39.1 Å². The highest BCUT2D eigenvalue weighted by Crippen LogP contribution is 2.49. The minimum atomic E-state index is 0.133. The number of anilines is 1. The molecule has 5 heteroatoms. The van der Waals surface area contributed by atoms with Crippen LogP contribution in [0.5, 0.6) is 0 Å². The summed E-state index contributed by atoms with van der Waals surface area (Å²) < 4.78 is 0.858. The number of hydrogen-bond acceptors (Lipinski definition) is 2. The van der Waals surface area contributed by atoms with Crippen LogP contribution in [0.15, 0.2) is 16.6 Å². The van der Waals surface area contributed by atoms with E-state index in [0.29, 0.717) is 16.5 Å². The Hall–Kier alpha value is -0.430. The summed E-state index contributed by atoms with van der Waals surface area (Å²) in [6.45, 7) is 0.752. The molecule has 90 valence electrons. The van der Waals surface area contributed by atoms with Gasteiger partial charge in [-0.05, 0) is 25.0 Å². The van der Waals surface area contributed by atoms with E-state index in [0.717, 1.165) is 29.5 Å². The predicted octanol–water partition coefficient (Wildman–Crippen LogP) is 4.86. The number of nitrogens with zero attached hydrogens (tertiary/aromatic N) is 1. The van der Waals surface area contributed by atoms with E-state index in [4.69, 9.17) is 28.5 Å². The minimum absolute atomic E-state index is 0.133. The summed E-state index contributed by atoms with van der Waals surface area (Å²) in [5, 5.41) is 13.2. The Morgan fingerprint density at radius 2 is 1.94 bits per heavy atom. The molecule has 1 aliphatic rings. The summed E-state index contributed by atoms with van der Waals surface area (Å²) in [5.74, 6) is 0. The van der Waals surface area contributed by atoms with Crippen molar-refractivity contribution >= 4 is 44.8 Å². The van der Waals surface area contributed by atoms with Crippen molar-refractivity contribution in [2.75, 3.05) is 11.9 Å². The van der Waals surface area contributed by atoms with Crippen molar-refractivity contribution in [3.63, 3.8) is 0 Å². The third-order valence-electron chi connectivity index (χ3n) is 3.06. The minimum Gasteiger partial charge on any atom is -0.382 e. The van der Waals surface area contributed by atoms with Gasteiger partial charge >= 0.3 is 0 Å². The van der Waals surface area contributed by atoms with E-state index in [9.17, 15) is 0 Å². The van der Waals surface area contributed by atoms with Crippen molar-refractivity contribution in [2.45, 2.75) is 19.3 Å². The number of rotatable bonds is 4. The molecule has 1 aromatic carbocycles. The molecule has 0 unspecified atom stereocenters. The molecule has 17 heavy (non-hydrogen) atoms. The van der Waals surface area contributed by atoms with Crippen LogP contribution in [0, 0.1) is 16.7 Å². The van der Waals surface area contributed by atoms with Crippen molar-refractivity contribution in [2.24, 2.45) is 5.41 Å². The maximum absolute atomic E-state index is 8.75. The number of nitrogens with one attached hydrogen (secondary N) is 1. The maximum atomic E-state index is 8.75. The van der Waals surface area contributed by atoms with Gasteiger partial charge in [0.25, 0.3) is 0 Å². The lowest BCUT2D eigenvalue weighted by molar-refractivity contribution is 0.557. The number of hydrogen-bond donors (Lipinski definition) is 1. The highest BCUT2D eigenvalue weighted by Gasteiger charge is 2.42. The number of nitriles is 1. The molecule has 0 radical (unpaired) electrons. The molecule has 0 aromatic heterocycles. The Kier molecular flexibility index (Phi) is 3.87. The average molecular weight is 334 g/mol. The molecule has 0 saturated heterocycles. The molecule has 0 bridgehead atoms. The zero-order chi connectivity index (χ0) is 12.5. The Labute approximate surface area is 119 Å².